The second kappa shape index (κ2) is 5.02. The number of hydrogen-bond donors (Lipinski definition) is 2. The molecule has 0 aliphatic heterocycles. The zero-order chi connectivity index (χ0) is 15.0. The summed E-state index contributed by atoms with van der Waals surface area (Å²) in [4.78, 5) is 0. The van der Waals surface area contributed by atoms with E-state index in [1.807, 2.05) is 0 Å². The van der Waals surface area contributed by atoms with Gasteiger partial charge in [-0.15, -0.1) is 5.10 Å². The molecule has 6 nitrogen and oxygen atoms in total. The van der Waals surface area contributed by atoms with E-state index in [4.69, 9.17) is 23.1 Å². The van der Waals surface area contributed by atoms with Gasteiger partial charge in [0.1, 0.15) is 5.82 Å². The van der Waals surface area contributed by atoms with E-state index in [2.05, 4.69) is 15.5 Å². The van der Waals surface area contributed by atoms with Crippen LogP contribution in [0.1, 0.15) is 0 Å². The van der Waals surface area contributed by atoms with Crippen LogP contribution >= 0.6 is 11.6 Å². The molecule has 0 fully saturated rings. The van der Waals surface area contributed by atoms with E-state index in [1.54, 1.807) is 18.2 Å². The molecule has 0 saturated heterocycles. The van der Waals surface area contributed by atoms with Crippen LogP contribution in [0.4, 0.5) is 15.8 Å². The van der Waals surface area contributed by atoms with Crippen molar-refractivity contribution in [1.82, 2.24) is 20.2 Å². The van der Waals surface area contributed by atoms with E-state index in [9.17, 15) is 4.39 Å². The van der Waals surface area contributed by atoms with E-state index >= 15 is 0 Å². The van der Waals surface area contributed by atoms with Gasteiger partial charge < -0.3 is 11.5 Å². The van der Waals surface area contributed by atoms with Gasteiger partial charge in [0.25, 0.3) is 0 Å². The van der Waals surface area contributed by atoms with E-state index in [0.717, 1.165) is 0 Å². The maximum atomic E-state index is 13.2. The molecule has 1 aromatic heterocycles. The first-order chi connectivity index (χ1) is 10.1. The SMILES string of the molecule is Nc1ccc(-c2nnnn2-c2ccc(F)c(Cl)c2)c(N)c1. The van der Waals surface area contributed by atoms with Gasteiger partial charge in [0.05, 0.1) is 10.7 Å². The number of tetrazole rings is 1. The molecule has 3 aromatic rings. The number of nitrogens with zero attached hydrogens (tertiary/aromatic N) is 4. The molecule has 0 saturated carbocycles. The van der Waals surface area contributed by atoms with Crippen molar-refractivity contribution in [2.45, 2.75) is 0 Å². The Balaban J connectivity index is 2.14. The molecule has 0 unspecified atom stereocenters. The first kappa shape index (κ1) is 13.3. The average Bonchev–Trinajstić information content (AvgIpc) is 2.91. The predicted octanol–water partition coefficient (Wildman–Crippen LogP) is 2.29. The number of halogens is 2. The monoisotopic (exact) mass is 304 g/mol. The Kier molecular flexibility index (Phi) is 3.19. The lowest BCUT2D eigenvalue weighted by Gasteiger charge is -2.08. The highest BCUT2D eigenvalue weighted by Gasteiger charge is 2.14. The molecule has 8 heteroatoms. The lowest BCUT2D eigenvalue weighted by atomic mass is 10.1. The smallest absolute Gasteiger partial charge is 0.189 e. The summed E-state index contributed by atoms with van der Waals surface area (Å²) >= 11 is 5.78. The first-order valence-electron chi connectivity index (χ1n) is 5.95. The molecule has 0 aliphatic rings. The lowest BCUT2D eigenvalue weighted by Crippen LogP contribution is -2.02. The fourth-order valence-electron chi connectivity index (χ4n) is 1.93. The quantitative estimate of drug-likeness (QED) is 0.708. The third kappa shape index (κ3) is 2.38. The van der Waals surface area contributed by atoms with E-state index < -0.39 is 5.82 Å². The van der Waals surface area contributed by atoms with Crippen molar-refractivity contribution >= 4 is 23.0 Å². The van der Waals surface area contributed by atoms with Gasteiger partial charge in [-0.2, -0.15) is 4.68 Å². The summed E-state index contributed by atoms with van der Waals surface area (Å²) < 4.78 is 14.7. The second-order valence-corrected chi connectivity index (χ2v) is 4.77. The van der Waals surface area contributed by atoms with Crippen LogP contribution in [0.5, 0.6) is 0 Å². The zero-order valence-electron chi connectivity index (χ0n) is 10.7. The summed E-state index contributed by atoms with van der Waals surface area (Å²) in [5.74, 6) is -0.0998. The van der Waals surface area contributed by atoms with Crippen LogP contribution in [0, 0.1) is 5.82 Å². The van der Waals surface area contributed by atoms with Gasteiger partial charge in [-0.25, -0.2) is 4.39 Å². The van der Waals surface area contributed by atoms with Crippen LogP contribution in [0.2, 0.25) is 5.02 Å². The molecule has 0 atom stereocenters. The summed E-state index contributed by atoms with van der Waals surface area (Å²) in [5.41, 5.74) is 13.7. The maximum Gasteiger partial charge on any atom is 0.189 e. The Hall–Kier alpha value is -2.67. The van der Waals surface area contributed by atoms with Gasteiger partial charge >= 0.3 is 0 Å². The van der Waals surface area contributed by atoms with E-state index in [-0.39, 0.29) is 5.02 Å². The van der Waals surface area contributed by atoms with Crippen molar-refractivity contribution < 1.29 is 4.39 Å². The molecule has 0 amide bonds. The zero-order valence-corrected chi connectivity index (χ0v) is 11.4. The standard InChI is InChI=1S/C13H10ClFN6/c14-10-6-8(2-4-11(10)15)21-13(18-19-20-21)9-3-1-7(16)5-12(9)17/h1-6H,16-17H2. The van der Waals surface area contributed by atoms with Crippen LogP contribution in [-0.4, -0.2) is 20.2 Å². The molecular formula is C13H10ClFN6. The summed E-state index contributed by atoms with van der Waals surface area (Å²) in [7, 11) is 0. The number of rotatable bonds is 2. The van der Waals surface area contributed by atoms with Crippen molar-refractivity contribution in [2.24, 2.45) is 0 Å². The van der Waals surface area contributed by atoms with Crippen molar-refractivity contribution in [1.29, 1.82) is 0 Å². The van der Waals surface area contributed by atoms with Gasteiger partial charge in [0.2, 0.25) is 0 Å². The summed E-state index contributed by atoms with van der Waals surface area (Å²) in [6, 6.07) is 9.24. The molecule has 0 bridgehead atoms. The molecule has 4 N–H and O–H groups in total. The maximum absolute atomic E-state index is 13.2. The van der Waals surface area contributed by atoms with Crippen LogP contribution in [0.3, 0.4) is 0 Å². The van der Waals surface area contributed by atoms with Gasteiger partial charge in [-0.1, -0.05) is 11.6 Å². The highest BCUT2D eigenvalue weighted by molar-refractivity contribution is 6.30. The summed E-state index contributed by atoms with van der Waals surface area (Å²) in [6.07, 6.45) is 0. The van der Waals surface area contributed by atoms with Crippen molar-refractivity contribution in [3.63, 3.8) is 0 Å². The number of anilines is 2. The minimum Gasteiger partial charge on any atom is -0.399 e. The van der Waals surface area contributed by atoms with Crippen LogP contribution < -0.4 is 11.5 Å². The van der Waals surface area contributed by atoms with Crippen LogP contribution in [0.15, 0.2) is 36.4 Å². The number of aromatic nitrogens is 4. The minimum absolute atomic E-state index is 0.0146. The Morgan fingerprint density at radius 3 is 2.62 bits per heavy atom. The van der Waals surface area contributed by atoms with Crippen LogP contribution in [0.25, 0.3) is 17.1 Å². The highest BCUT2D eigenvalue weighted by Crippen LogP contribution is 2.28. The Morgan fingerprint density at radius 2 is 1.90 bits per heavy atom. The van der Waals surface area contributed by atoms with Gasteiger partial charge in [-0.05, 0) is 46.8 Å². The van der Waals surface area contributed by atoms with Crippen LogP contribution in [-0.2, 0) is 0 Å². The largest absolute Gasteiger partial charge is 0.399 e. The fraction of sp³-hybridized carbons (Fsp3) is 0. The molecule has 2 aromatic carbocycles. The van der Waals surface area contributed by atoms with Gasteiger partial charge in [-0.3, -0.25) is 0 Å². The van der Waals surface area contributed by atoms with Gasteiger partial charge in [0, 0.05) is 16.9 Å². The number of nitrogen functional groups attached to an aromatic ring is 2. The molecule has 0 radical (unpaired) electrons. The summed E-state index contributed by atoms with van der Waals surface area (Å²) in [5, 5.41) is 11.4. The number of nitrogens with two attached hydrogens (primary N) is 2. The van der Waals surface area contributed by atoms with Crippen molar-refractivity contribution in [2.75, 3.05) is 11.5 Å². The molecular weight excluding hydrogens is 295 g/mol. The van der Waals surface area contributed by atoms with E-state index in [1.165, 1.54) is 22.9 Å². The number of benzene rings is 2. The van der Waals surface area contributed by atoms with Gasteiger partial charge in [0.15, 0.2) is 5.82 Å². The Bertz CT molecular complexity index is 816. The second-order valence-electron chi connectivity index (χ2n) is 4.36. The fourth-order valence-corrected chi connectivity index (χ4v) is 2.11. The van der Waals surface area contributed by atoms with E-state index in [0.29, 0.717) is 28.5 Å². The average molecular weight is 305 g/mol. The Labute approximate surface area is 124 Å². The summed E-state index contributed by atoms with van der Waals surface area (Å²) in [6.45, 7) is 0. The normalized spacial score (nSPS) is 10.8. The minimum atomic E-state index is -0.512. The Morgan fingerprint density at radius 1 is 1.10 bits per heavy atom. The lowest BCUT2D eigenvalue weighted by molar-refractivity contribution is 0.627. The molecule has 1 heterocycles. The molecule has 0 aliphatic carbocycles. The first-order valence-corrected chi connectivity index (χ1v) is 6.33. The van der Waals surface area contributed by atoms with Crippen molar-refractivity contribution in [3.8, 4) is 17.1 Å². The topological polar surface area (TPSA) is 95.6 Å². The third-order valence-corrected chi connectivity index (χ3v) is 3.22. The third-order valence-electron chi connectivity index (χ3n) is 2.93. The molecule has 106 valence electrons. The van der Waals surface area contributed by atoms with Crippen molar-refractivity contribution in [3.05, 3.63) is 47.2 Å². The predicted molar refractivity (Wildman–Crippen MR) is 78.4 cm³/mol. The number of hydrogen-bond acceptors (Lipinski definition) is 5. The molecule has 0 spiro atoms. The molecule has 21 heavy (non-hydrogen) atoms. The highest BCUT2D eigenvalue weighted by atomic mass is 35.5. The molecule has 3 rings (SSSR count).